The average molecular weight is 220 g/mol. The van der Waals surface area contributed by atoms with E-state index in [0.29, 0.717) is 11.0 Å². The summed E-state index contributed by atoms with van der Waals surface area (Å²) in [5.41, 5.74) is 7.89. The Balaban J connectivity index is 2.50. The number of nitrogens with zero attached hydrogens (tertiary/aromatic N) is 2. The first-order valence-corrected chi connectivity index (χ1v) is 5.65. The fourth-order valence-corrected chi connectivity index (χ4v) is 2.88. The van der Waals surface area contributed by atoms with Crippen LogP contribution in [0.25, 0.3) is 11.0 Å². The second-order valence-corrected chi connectivity index (χ2v) is 4.39. The summed E-state index contributed by atoms with van der Waals surface area (Å²) in [5.74, 6) is 1.89. The third-order valence-electron chi connectivity index (χ3n) is 2.45. The molecule has 0 atom stereocenters. The Morgan fingerprint density at radius 3 is 3.20 bits per heavy atom. The first kappa shape index (κ1) is 8.72. The molecule has 0 radical (unpaired) electrons. The van der Waals surface area contributed by atoms with E-state index < -0.39 is 0 Å². The van der Waals surface area contributed by atoms with E-state index in [4.69, 9.17) is 5.73 Å². The molecule has 2 aromatic rings. The topological polar surface area (TPSA) is 84.7 Å². The second-order valence-electron chi connectivity index (χ2n) is 3.40. The predicted octanol–water partition coefficient (Wildman–Crippen LogP) is 0.647. The molecule has 0 aliphatic carbocycles. The standard InChI is InChI=1S/C9H8N4OS/c10-9-12-7-6(8(14)13-9)5-3-15-2-4(5)1-11-7/h1H,2-3H2,(H3,10,11,12,13,14). The van der Waals surface area contributed by atoms with Crippen LogP contribution >= 0.6 is 11.8 Å². The molecule has 15 heavy (non-hydrogen) atoms. The zero-order valence-electron chi connectivity index (χ0n) is 7.78. The van der Waals surface area contributed by atoms with E-state index in [1.54, 1.807) is 18.0 Å². The molecule has 0 saturated heterocycles. The van der Waals surface area contributed by atoms with Crippen molar-refractivity contribution < 1.29 is 0 Å². The summed E-state index contributed by atoms with van der Waals surface area (Å²) in [6.45, 7) is 0. The van der Waals surface area contributed by atoms with Crippen molar-refractivity contribution in [3.8, 4) is 0 Å². The van der Waals surface area contributed by atoms with Gasteiger partial charge in [0.25, 0.3) is 5.56 Å². The highest BCUT2D eigenvalue weighted by Gasteiger charge is 2.18. The molecule has 3 N–H and O–H groups in total. The average Bonchev–Trinajstić information content (AvgIpc) is 2.63. The van der Waals surface area contributed by atoms with Gasteiger partial charge in [-0.3, -0.25) is 9.78 Å². The summed E-state index contributed by atoms with van der Waals surface area (Å²) < 4.78 is 0. The van der Waals surface area contributed by atoms with Crippen LogP contribution in [0.3, 0.4) is 0 Å². The van der Waals surface area contributed by atoms with Gasteiger partial charge in [0.05, 0.1) is 5.39 Å². The van der Waals surface area contributed by atoms with Crippen molar-refractivity contribution in [3.05, 3.63) is 27.7 Å². The number of aromatic amines is 1. The summed E-state index contributed by atoms with van der Waals surface area (Å²) >= 11 is 1.78. The number of nitrogens with two attached hydrogens (primary N) is 1. The zero-order valence-corrected chi connectivity index (χ0v) is 8.60. The summed E-state index contributed by atoms with van der Waals surface area (Å²) in [4.78, 5) is 22.4. The lowest BCUT2D eigenvalue weighted by Gasteiger charge is -2.02. The van der Waals surface area contributed by atoms with E-state index in [2.05, 4.69) is 15.0 Å². The molecule has 3 rings (SSSR count). The van der Waals surface area contributed by atoms with Crippen LogP contribution in [0, 0.1) is 0 Å². The minimum absolute atomic E-state index is 0.116. The Morgan fingerprint density at radius 1 is 1.47 bits per heavy atom. The Bertz CT molecular complexity index is 607. The van der Waals surface area contributed by atoms with Crippen molar-refractivity contribution in [3.63, 3.8) is 0 Å². The molecule has 1 aliphatic rings. The molecule has 0 fully saturated rings. The minimum Gasteiger partial charge on any atom is -0.369 e. The van der Waals surface area contributed by atoms with Gasteiger partial charge in [-0.05, 0) is 11.1 Å². The number of nitrogen functional groups attached to an aromatic ring is 1. The van der Waals surface area contributed by atoms with Crippen molar-refractivity contribution in [2.45, 2.75) is 11.5 Å². The van der Waals surface area contributed by atoms with Crippen LogP contribution < -0.4 is 11.3 Å². The number of hydrogen-bond donors (Lipinski definition) is 2. The number of anilines is 1. The fraction of sp³-hybridized carbons (Fsp3) is 0.222. The van der Waals surface area contributed by atoms with Crippen LogP contribution in [0.4, 0.5) is 5.95 Å². The first-order valence-electron chi connectivity index (χ1n) is 4.49. The van der Waals surface area contributed by atoms with Crippen LogP contribution in [0.1, 0.15) is 11.1 Å². The number of fused-ring (bicyclic) bond motifs is 3. The van der Waals surface area contributed by atoms with Gasteiger partial charge in [0, 0.05) is 17.7 Å². The molecule has 1 aliphatic heterocycles. The lowest BCUT2D eigenvalue weighted by atomic mass is 10.1. The van der Waals surface area contributed by atoms with E-state index in [-0.39, 0.29) is 11.5 Å². The molecule has 5 nitrogen and oxygen atoms in total. The van der Waals surface area contributed by atoms with Gasteiger partial charge in [0.15, 0.2) is 5.65 Å². The van der Waals surface area contributed by atoms with Gasteiger partial charge in [-0.25, -0.2) is 4.98 Å². The molecular formula is C9H8N4OS. The largest absolute Gasteiger partial charge is 0.369 e. The van der Waals surface area contributed by atoms with Crippen molar-refractivity contribution >= 4 is 28.7 Å². The van der Waals surface area contributed by atoms with Crippen molar-refractivity contribution in [1.82, 2.24) is 15.0 Å². The molecule has 76 valence electrons. The second kappa shape index (κ2) is 2.96. The summed E-state index contributed by atoms with van der Waals surface area (Å²) in [6.07, 6.45) is 1.78. The molecule has 0 bridgehead atoms. The molecular weight excluding hydrogens is 212 g/mol. The van der Waals surface area contributed by atoms with Gasteiger partial charge < -0.3 is 5.73 Å². The number of pyridine rings is 1. The first-order chi connectivity index (χ1) is 7.25. The quantitative estimate of drug-likeness (QED) is 0.680. The normalized spacial score (nSPS) is 14.4. The lowest BCUT2D eigenvalue weighted by molar-refractivity contribution is 1.14. The highest BCUT2D eigenvalue weighted by atomic mass is 32.2. The molecule has 0 unspecified atom stereocenters. The van der Waals surface area contributed by atoms with E-state index in [1.807, 2.05) is 0 Å². The van der Waals surface area contributed by atoms with Gasteiger partial charge in [-0.2, -0.15) is 16.7 Å². The minimum atomic E-state index is -0.190. The van der Waals surface area contributed by atoms with Crippen LogP contribution in [0.2, 0.25) is 0 Å². The number of hydrogen-bond acceptors (Lipinski definition) is 5. The number of H-pyrrole nitrogens is 1. The van der Waals surface area contributed by atoms with E-state index >= 15 is 0 Å². The number of thioether (sulfide) groups is 1. The fourth-order valence-electron chi connectivity index (χ4n) is 1.77. The van der Waals surface area contributed by atoms with Crippen molar-refractivity contribution in [1.29, 1.82) is 0 Å². The third-order valence-corrected chi connectivity index (χ3v) is 3.46. The molecule has 0 saturated carbocycles. The number of nitrogens with one attached hydrogen (secondary N) is 1. The monoisotopic (exact) mass is 220 g/mol. The predicted molar refractivity (Wildman–Crippen MR) is 59.6 cm³/mol. The molecule has 3 heterocycles. The van der Waals surface area contributed by atoms with E-state index in [9.17, 15) is 4.79 Å². The Kier molecular flexibility index (Phi) is 1.72. The highest BCUT2D eigenvalue weighted by Crippen LogP contribution is 2.32. The number of aromatic nitrogens is 3. The Morgan fingerprint density at radius 2 is 2.33 bits per heavy atom. The molecule has 0 spiro atoms. The van der Waals surface area contributed by atoms with E-state index in [0.717, 1.165) is 22.6 Å². The summed E-state index contributed by atoms with van der Waals surface area (Å²) in [5, 5.41) is 0.590. The number of rotatable bonds is 0. The molecule has 0 amide bonds. The van der Waals surface area contributed by atoms with Gasteiger partial charge >= 0.3 is 0 Å². The Hall–Kier alpha value is -1.56. The van der Waals surface area contributed by atoms with E-state index in [1.165, 1.54) is 0 Å². The SMILES string of the molecule is Nc1nc2ncc3c(c2c(=O)[nH]1)CSC3. The molecule has 2 aromatic heterocycles. The smallest absolute Gasteiger partial charge is 0.262 e. The van der Waals surface area contributed by atoms with Gasteiger partial charge in [-0.1, -0.05) is 0 Å². The van der Waals surface area contributed by atoms with Crippen molar-refractivity contribution in [2.75, 3.05) is 5.73 Å². The highest BCUT2D eigenvalue weighted by molar-refractivity contribution is 7.98. The summed E-state index contributed by atoms with van der Waals surface area (Å²) in [7, 11) is 0. The molecule has 0 aromatic carbocycles. The maximum atomic E-state index is 11.7. The van der Waals surface area contributed by atoms with Crippen LogP contribution in [0.5, 0.6) is 0 Å². The van der Waals surface area contributed by atoms with Crippen molar-refractivity contribution in [2.24, 2.45) is 0 Å². The maximum absolute atomic E-state index is 11.7. The van der Waals surface area contributed by atoms with Crippen LogP contribution in [0.15, 0.2) is 11.0 Å². The Labute approximate surface area is 89.1 Å². The van der Waals surface area contributed by atoms with Crippen LogP contribution in [-0.2, 0) is 11.5 Å². The maximum Gasteiger partial charge on any atom is 0.262 e. The zero-order chi connectivity index (χ0) is 10.4. The van der Waals surface area contributed by atoms with Gasteiger partial charge in [0.1, 0.15) is 0 Å². The lowest BCUT2D eigenvalue weighted by Crippen LogP contribution is -2.13. The third kappa shape index (κ3) is 1.21. The van der Waals surface area contributed by atoms with Gasteiger partial charge in [-0.15, -0.1) is 0 Å². The molecule has 6 heteroatoms. The van der Waals surface area contributed by atoms with Gasteiger partial charge in [0.2, 0.25) is 5.95 Å². The summed E-state index contributed by atoms with van der Waals surface area (Å²) in [6, 6.07) is 0. The van der Waals surface area contributed by atoms with Crippen LogP contribution in [-0.4, -0.2) is 15.0 Å².